The quantitative estimate of drug-likeness (QED) is 0.574. The van der Waals surface area contributed by atoms with Crippen molar-refractivity contribution < 1.29 is 27.0 Å². The lowest BCUT2D eigenvalue weighted by Crippen LogP contribution is -2.32. The number of nitrogens with zero attached hydrogens (tertiary/aromatic N) is 2. The fourth-order valence-corrected chi connectivity index (χ4v) is 1.37. The van der Waals surface area contributed by atoms with E-state index in [9.17, 15) is 17.6 Å². The maximum atomic E-state index is 12.6. The van der Waals surface area contributed by atoms with Gasteiger partial charge >= 0.3 is 12.3 Å². The molecule has 0 spiro atoms. The molecular weight excluding hydrogens is 292 g/mol. The van der Waals surface area contributed by atoms with E-state index in [1.165, 1.54) is 13.2 Å². The van der Waals surface area contributed by atoms with Gasteiger partial charge in [0.2, 0.25) is 0 Å². The lowest BCUT2D eigenvalue weighted by atomic mass is 10.4. The molecule has 0 fully saturated rings. The van der Waals surface area contributed by atoms with E-state index in [0.717, 1.165) is 0 Å². The molecule has 1 heterocycles. The van der Waals surface area contributed by atoms with E-state index in [2.05, 4.69) is 14.7 Å². The summed E-state index contributed by atoms with van der Waals surface area (Å²) in [5.41, 5.74) is 0.432. The topological polar surface area (TPSA) is 44.2 Å². The number of hydrogen-bond donors (Lipinski definition) is 0. The minimum Gasteiger partial charge on any atom is -0.378 e. The van der Waals surface area contributed by atoms with Gasteiger partial charge in [0.25, 0.3) is 0 Å². The lowest BCUT2D eigenvalue weighted by molar-refractivity contribution is -0.168. The number of ether oxygens (including phenoxy) is 2. The fourth-order valence-electron chi connectivity index (χ4n) is 1.14. The Morgan fingerprint density at radius 1 is 1.32 bits per heavy atom. The van der Waals surface area contributed by atoms with Crippen molar-refractivity contribution in [3.05, 3.63) is 22.7 Å². The fraction of sp³-hybridized carbons (Fsp3) is 0.600. The zero-order valence-electron chi connectivity index (χ0n) is 9.88. The molecule has 1 rings (SSSR count). The second kappa shape index (κ2) is 6.97. The van der Waals surface area contributed by atoms with Crippen LogP contribution in [-0.4, -0.2) is 36.0 Å². The molecule has 0 saturated carbocycles. The third-order valence-electron chi connectivity index (χ3n) is 1.93. The summed E-state index contributed by atoms with van der Waals surface area (Å²) < 4.78 is 58.2. The zero-order chi connectivity index (χ0) is 14.5. The number of methoxy groups -OCH3 is 1. The van der Waals surface area contributed by atoms with Crippen molar-refractivity contribution in [2.24, 2.45) is 0 Å². The molecule has 108 valence electrons. The Hall–Kier alpha value is -0.990. The highest BCUT2D eigenvalue weighted by Crippen LogP contribution is 2.23. The molecule has 0 radical (unpaired) electrons. The molecular formula is C10H11ClF4N2O2. The van der Waals surface area contributed by atoms with Crippen molar-refractivity contribution in [2.45, 2.75) is 25.6 Å². The van der Waals surface area contributed by atoms with Gasteiger partial charge in [-0.2, -0.15) is 8.78 Å². The molecule has 1 aromatic rings. The normalized spacial score (nSPS) is 12.2. The van der Waals surface area contributed by atoms with Crippen LogP contribution in [0.5, 0.6) is 0 Å². The summed E-state index contributed by atoms with van der Waals surface area (Å²) in [6.07, 6.45) is -3.78. The van der Waals surface area contributed by atoms with Crippen LogP contribution in [0.2, 0.25) is 5.15 Å². The molecule has 0 saturated heterocycles. The van der Waals surface area contributed by atoms with E-state index in [1.807, 2.05) is 0 Å². The van der Waals surface area contributed by atoms with Gasteiger partial charge in [-0.25, -0.2) is 18.7 Å². The monoisotopic (exact) mass is 302 g/mol. The second-order valence-electron chi connectivity index (χ2n) is 3.59. The Morgan fingerprint density at radius 3 is 2.58 bits per heavy atom. The van der Waals surface area contributed by atoms with Crippen LogP contribution in [0.15, 0.2) is 6.07 Å². The van der Waals surface area contributed by atoms with Crippen LogP contribution >= 0.6 is 11.6 Å². The molecule has 0 aliphatic heterocycles. The minimum absolute atomic E-state index is 0.0182. The minimum atomic E-state index is -4.20. The number of hydrogen-bond acceptors (Lipinski definition) is 4. The first-order valence-corrected chi connectivity index (χ1v) is 5.48. The standard InChI is InChI=1S/C10H11ClF4N2O2/c1-18-3-6-2-7(11)17-8(16-6)4-19-5-10(14,15)9(12)13/h2,9H,3-5H2,1H3. The third kappa shape index (κ3) is 5.25. The van der Waals surface area contributed by atoms with Crippen LogP contribution < -0.4 is 0 Å². The van der Waals surface area contributed by atoms with E-state index >= 15 is 0 Å². The summed E-state index contributed by atoms with van der Waals surface area (Å²) in [5, 5.41) is 0.0845. The molecule has 0 amide bonds. The van der Waals surface area contributed by atoms with Crippen molar-refractivity contribution in [1.29, 1.82) is 0 Å². The summed E-state index contributed by atoms with van der Waals surface area (Å²) in [6, 6.07) is 1.43. The van der Waals surface area contributed by atoms with Crippen molar-refractivity contribution in [3.63, 3.8) is 0 Å². The predicted molar refractivity (Wildman–Crippen MR) is 58.4 cm³/mol. The van der Waals surface area contributed by atoms with E-state index in [1.54, 1.807) is 0 Å². The average Bonchev–Trinajstić information content (AvgIpc) is 2.28. The maximum Gasteiger partial charge on any atom is 0.330 e. The van der Waals surface area contributed by atoms with E-state index in [4.69, 9.17) is 16.3 Å². The molecule has 0 aliphatic carbocycles. The summed E-state index contributed by atoms with van der Waals surface area (Å²) in [4.78, 5) is 7.63. The molecule has 0 N–H and O–H groups in total. The largest absolute Gasteiger partial charge is 0.378 e. The first-order chi connectivity index (χ1) is 8.85. The maximum absolute atomic E-state index is 12.6. The molecule has 19 heavy (non-hydrogen) atoms. The first kappa shape index (κ1) is 16.1. The second-order valence-corrected chi connectivity index (χ2v) is 3.97. The van der Waals surface area contributed by atoms with Crippen LogP contribution in [0, 0.1) is 0 Å². The lowest BCUT2D eigenvalue weighted by Gasteiger charge is -2.14. The number of rotatable bonds is 7. The van der Waals surface area contributed by atoms with Crippen molar-refractivity contribution in [3.8, 4) is 0 Å². The van der Waals surface area contributed by atoms with Crippen molar-refractivity contribution in [1.82, 2.24) is 9.97 Å². The molecule has 9 heteroatoms. The third-order valence-corrected chi connectivity index (χ3v) is 2.13. The highest BCUT2D eigenvalue weighted by atomic mass is 35.5. The molecule has 0 atom stereocenters. The Kier molecular flexibility index (Phi) is 5.89. The van der Waals surface area contributed by atoms with Gasteiger partial charge in [-0.1, -0.05) is 11.6 Å². The number of aromatic nitrogens is 2. The molecule has 0 bridgehead atoms. The first-order valence-electron chi connectivity index (χ1n) is 5.10. The molecule has 0 unspecified atom stereocenters. The van der Waals surface area contributed by atoms with Gasteiger partial charge in [0.1, 0.15) is 18.4 Å². The number of alkyl halides is 4. The highest BCUT2D eigenvalue weighted by molar-refractivity contribution is 6.29. The summed E-state index contributed by atoms with van der Waals surface area (Å²) >= 11 is 5.67. The Balaban J connectivity index is 2.58. The highest BCUT2D eigenvalue weighted by Gasteiger charge is 2.40. The van der Waals surface area contributed by atoms with Crippen LogP contribution in [0.1, 0.15) is 11.5 Å². The predicted octanol–water partition coefficient (Wildman–Crippen LogP) is 2.69. The molecule has 4 nitrogen and oxygen atoms in total. The van der Waals surface area contributed by atoms with Gasteiger partial charge in [-0.15, -0.1) is 0 Å². The van der Waals surface area contributed by atoms with Crippen LogP contribution in [0.4, 0.5) is 17.6 Å². The summed E-state index contributed by atoms with van der Waals surface area (Å²) in [5.74, 6) is -4.18. The number of halogens is 5. The van der Waals surface area contributed by atoms with Gasteiger partial charge in [0.05, 0.1) is 12.3 Å². The van der Waals surface area contributed by atoms with E-state index in [-0.39, 0.29) is 17.6 Å². The summed E-state index contributed by atoms with van der Waals surface area (Å²) in [7, 11) is 1.44. The van der Waals surface area contributed by atoms with E-state index in [0.29, 0.717) is 5.69 Å². The average molecular weight is 303 g/mol. The Labute approximate surface area is 111 Å². The van der Waals surface area contributed by atoms with Crippen LogP contribution in [0.25, 0.3) is 0 Å². The smallest absolute Gasteiger partial charge is 0.330 e. The van der Waals surface area contributed by atoms with Gasteiger partial charge in [-0.05, 0) is 6.07 Å². The summed E-state index contributed by atoms with van der Waals surface area (Å²) in [6.45, 7) is -1.71. The molecule has 1 aromatic heterocycles. The van der Waals surface area contributed by atoms with Crippen molar-refractivity contribution in [2.75, 3.05) is 13.7 Å². The van der Waals surface area contributed by atoms with Crippen LogP contribution in [0.3, 0.4) is 0 Å². The van der Waals surface area contributed by atoms with Gasteiger partial charge in [-0.3, -0.25) is 0 Å². The molecule has 0 aromatic carbocycles. The van der Waals surface area contributed by atoms with Crippen LogP contribution in [-0.2, 0) is 22.7 Å². The SMILES string of the molecule is COCc1cc(Cl)nc(COCC(F)(F)C(F)F)n1. The van der Waals surface area contributed by atoms with Gasteiger partial charge in [0, 0.05) is 7.11 Å². The van der Waals surface area contributed by atoms with Crippen molar-refractivity contribution >= 4 is 11.6 Å². The van der Waals surface area contributed by atoms with E-state index < -0.39 is 25.6 Å². The Morgan fingerprint density at radius 2 is 2.00 bits per heavy atom. The Bertz CT molecular complexity index is 421. The molecule has 0 aliphatic rings. The van der Waals surface area contributed by atoms with Gasteiger partial charge < -0.3 is 9.47 Å². The van der Waals surface area contributed by atoms with Gasteiger partial charge in [0.15, 0.2) is 5.82 Å². The zero-order valence-corrected chi connectivity index (χ0v) is 10.6.